The van der Waals surface area contributed by atoms with Crippen molar-refractivity contribution < 1.29 is 4.79 Å². The van der Waals surface area contributed by atoms with E-state index in [-0.39, 0.29) is 5.91 Å². The molecule has 1 heterocycles. The van der Waals surface area contributed by atoms with Crippen molar-refractivity contribution in [1.82, 2.24) is 10.3 Å². The van der Waals surface area contributed by atoms with Crippen LogP contribution in [0.2, 0.25) is 0 Å². The minimum Gasteiger partial charge on any atom is -0.352 e. The summed E-state index contributed by atoms with van der Waals surface area (Å²) in [7, 11) is 0. The number of aromatic nitrogens is 1. The molecule has 1 aromatic rings. The van der Waals surface area contributed by atoms with Crippen molar-refractivity contribution in [3.05, 3.63) is 28.5 Å². The van der Waals surface area contributed by atoms with Crippen LogP contribution in [0.3, 0.4) is 0 Å². The molecule has 0 spiro atoms. The van der Waals surface area contributed by atoms with E-state index in [2.05, 4.69) is 40.1 Å². The van der Waals surface area contributed by atoms with Gasteiger partial charge >= 0.3 is 0 Å². The number of halogens is 1. The van der Waals surface area contributed by atoms with Gasteiger partial charge in [-0.2, -0.15) is 0 Å². The highest BCUT2D eigenvalue weighted by Gasteiger charge is 2.10. The third-order valence-corrected chi connectivity index (χ3v) is 3.52. The van der Waals surface area contributed by atoms with Crippen LogP contribution in [0, 0.1) is 5.92 Å². The summed E-state index contributed by atoms with van der Waals surface area (Å²) in [6.07, 6.45) is 6.37. The van der Waals surface area contributed by atoms with Crippen LogP contribution in [0.4, 0.5) is 0 Å². The zero-order chi connectivity index (χ0) is 13.4. The Balaban J connectivity index is 2.44. The summed E-state index contributed by atoms with van der Waals surface area (Å²) in [6.45, 7) is 5.13. The number of pyridine rings is 1. The van der Waals surface area contributed by atoms with Gasteiger partial charge in [0, 0.05) is 18.3 Å². The smallest absolute Gasteiger partial charge is 0.251 e. The molecule has 0 bridgehead atoms. The van der Waals surface area contributed by atoms with E-state index in [1.54, 1.807) is 18.3 Å². The largest absolute Gasteiger partial charge is 0.352 e. The van der Waals surface area contributed by atoms with Crippen molar-refractivity contribution in [2.45, 2.75) is 39.5 Å². The molecule has 0 aromatic carbocycles. The van der Waals surface area contributed by atoms with E-state index in [0.29, 0.717) is 16.1 Å². The van der Waals surface area contributed by atoms with Crippen LogP contribution >= 0.6 is 15.9 Å². The van der Waals surface area contributed by atoms with Gasteiger partial charge in [0.2, 0.25) is 0 Å². The van der Waals surface area contributed by atoms with Crippen LogP contribution in [0.5, 0.6) is 0 Å². The standard InChI is InChI=1S/C14H21BrN2O/c1-3-5-6-11(4-2)10-17-14(18)12-7-8-16-13(15)9-12/h7-9,11H,3-6,10H2,1-2H3,(H,17,18). The summed E-state index contributed by atoms with van der Waals surface area (Å²) in [5, 5.41) is 3.00. The van der Waals surface area contributed by atoms with Gasteiger partial charge in [-0.3, -0.25) is 4.79 Å². The minimum atomic E-state index is -0.0203. The summed E-state index contributed by atoms with van der Waals surface area (Å²) in [5.74, 6) is 0.562. The summed E-state index contributed by atoms with van der Waals surface area (Å²) in [4.78, 5) is 15.9. The zero-order valence-corrected chi connectivity index (χ0v) is 12.7. The molecule has 0 aliphatic heterocycles. The van der Waals surface area contributed by atoms with Crippen LogP contribution < -0.4 is 5.32 Å². The Morgan fingerprint density at radius 1 is 1.50 bits per heavy atom. The molecule has 0 aliphatic carbocycles. The molecule has 18 heavy (non-hydrogen) atoms. The monoisotopic (exact) mass is 312 g/mol. The first kappa shape index (κ1) is 15.2. The number of nitrogens with zero attached hydrogens (tertiary/aromatic N) is 1. The second kappa shape index (κ2) is 8.25. The highest BCUT2D eigenvalue weighted by molar-refractivity contribution is 9.10. The van der Waals surface area contributed by atoms with Gasteiger partial charge in [-0.25, -0.2) is 4.98 Å². The average molecular weight is 313 g/mol. The van der Waals surface area contributed by atoms with Gasteiger partial charge in [-0.1, -0.05) is 33.1 Å². The highest BCUT2D eigenvalue weighted by Crippen LogP contribution is 2.12. The van der Waals surface area contributed by atoms with E-state index < -0.39 is 0 Å². The molecule has 1 amide bonds. The van der Waals surface area contributed by atoms with Crippen molar-refractivity contribution in [3.8, 4) is 0 Å². The number of nitrogens with one attached hydrogen (secondary N) is 1. The lowest BCUT2D eigenvalue weighted by Crippen LogP contribution is -2.29. The molecule has 0 saturated heterocycles. The fourth-order valence-corrected chi connectivity index (χ4v) is 2.19. The molecule has 1 rings (SSSR count). The molecular formula is C14H21BrN2O. The quantitative estimate of drug-likeness (QED) is 0.778. The molecule has 1 N–H and O–H groups in total. The predicted molar refractivity (Wildman–Crippen MR) is 77.6 cm³/mol. The lowest BCUT2D eigenvalue weighted by atomic mass is 9.99. The second-order valence-corrected chi connectivity index (χ2v) is 5.31. The van der Waals surface area contributed by atoms with Crippen LogP contribution in [0.25, 0.3) is 0 Å². The summed E-state index contributed by atoms with van der Waals surface area (Å²) in [6, 6.07) is 3.47. The molecule has 4 heteroatoms. The predicted octanol–water partition coefficient (Wildman–Crippen LogP) is 3.79. The number of rotatable bonds is 7. The molecule has 0 radical (unpaired) electrons. The molecule has 1 unspecified atom stereocenters. The van der Waals surface area contributed by atoms with Gasteiger partial charge in [-0.15, -0.1) is 0 Å². The van der Waals surface area contributed by atoms with Crippen LogP contribution in [0.15, 0.2) is 22.9 Å². The average Bonchev–Trinajstić information content (AvgIpc) is 2.38. The van der Waals surface area contributed by atoms with Gasteiger partial charge in [0.1, 0.15) is 4.60 Å². The van der Waals surface area contributed by atoms with Crippen molar-refractivity contribution >= 4 is 21.8 Å². The van der Waals surface area contributed by atoms with E-state index in [9.17, 15) is 4.79 Å². The van der Waals surface area contributed by atoms with E-state index in [1.807, 2.05) is 0 Å². The van der Waals surface area contributed by atoms with Gasteiger partial charge in [0.05, 0.1) is 0 Å². The number of amides is 1. The third-order valence-electron chi connectivity index (χ3n) is 3.08. The highest BCUT2D eigenvalue weighted by atomic mass is 79.9. The van der Waals surface area contributed by atoms with Crippen molar-refractivity contribution in [2.75, 3.05) is 6.54 Å². The molecular weight excluding hydrogens is 292 g/mol. The molecule has 0 saturated carbocycles. The Kier molecular flexibility index (Phi) is 6.94. The maximum absolute atomic E-state index is 11.9. The molecule has 1 aromatic heterocycles. The zero-order valence-electron chi connectivity index (χ0n) is 11.1. The van der Waals surface area contributed by atoms with E-state index in [4.69, 9.17) is 0 Å². The Labute approximate surface area is 118 Å². The third kappa shape index (κ3) is 5.17. The minimum absolute atomic E-state index is 0.0203. The summed E-state index contributed by atoms with van der Waals surface area (Å²) >= 11 is 3.27. The van der Waals surface area contributed by atoms with Gasteiger partial charge in [0.15, 0.2) is 0 Å². The number of hydrogen-bond acceptors (Lipinski definition) is 2. The van der Waals surface area contributed by atoms with Crippen LogP contribution in [0.1, 0.15) is 49.9 Å². The van der Waals surface area contributed by atoms with E-state index in [0.717, 1.165) is 13.0 Å². The number of carbonyl (C=O) groups excluding carboxylic acids is 1. The van der Waals surface area contributed by atoms with Crippen molar-refractivity contribution in [1.29, 1.82) is 0 Å². The van der Waals surface area contributed by atoms with E-state index in [1.165, 1.54) is 19.3 Å². The van der Waals surface area contributed by atoms with E-state index >= 15 is 0 Å². The Morgan fingerprint density at radius 3 is 2.89 bits per heavy atom. The Bertz CT molecular complexity index is 382. The number of unbranched alkanes of at least 4 members (excludes halogenated alkanes) is 1. The van der Waals surface area contributed by atoms with Gasteiger partial charge in [-0.05, 0) is 40.4 Å². The van der Waals surface area contributed by atoms with Gasteiger partial charge < -0.3 is 5.32 Å². The lowest BCUT2D eigenvalue weighted by molar-refractivity contribution is 0.0945. The maximum Gasteiger partial charge on any atom is 0.251 e. The first-order chi connectivity index (χ1) is 8.67. The fraction of sp³-hybridized carbons (Fsp3) is 0.571. The topological polar surface area (TPSA) is 42.0 Å². The first-order valence-electron chi connectivity index (χ1n) is 6.57. The molecule has 0 aliphatic rings. The Hall–Kier alpha value is -0.900. The SMILES string of the molecule is CCCCC(CC)CNC(=O)c1ccnc(Br)c1. The molecule has 0 fully saturated rings. The van der Waals surface area contributed by atoms with Crippen LogP contribution in [-0.4, -0.2) is 17.4 Å². The normalized spacial score (nSPS) is 12.2. The fourth-order valence-electron chi connectivity index (χ4n) is 1.83. The van der Waals surface area contributed by atoms with Crippen molar-refractivity contribution in [3.63, 3.8) is 0 Å². The van der Waals surface area contributed by atoms with Crippen molar-refractivity contribution in [2.24, 2.45) is 5.92 Å². The number of hydrogen-bond donors (Lipinski definition) is 1. The second-order valence-electron chi connectivity index (χ2n) is 4.49. The first-order valence-corrected chi connectivity index (χ1v) is 7.36. The van der Waals surface area contributed by atoms with Crippen LogP contribution in [-0.2, 0) is 0 Å². The Morgan fingerprint density at radius 2 is 2.28 bits per heavy atom. The summed E-state index contributed by atoms with van der Waals surface area (Å²) in [5.41, 5.74) is 0.655. The molecule has 1 atom stereocenters. The maximum atomic E-state index is 11.9. The molecule has 3 nitrogen and oxygen atoms in total. The molecule has 100 valence electrons. The van der Waals surface area contributed by atoms with Gasteiger partial charge in [0.25, 0.3) is 5.91 Å². The number of carbonyl (C=O) groups is 1. The summed E-state index contributed by atoms with van der Waals surface area (Å²) < 4.78 is 0.688. The lowest BCUT2D eigenvalue weighted by Gasteiger charge is -2.15.